The molecule has 0 aromatic heterocycles. The van der Waals surface area contributed by atoms with Crippen molar-refractivity contribution in [3.8, 4) is 0 Å². The van der Waals surface area contributed by atoms with Gasteiger partial charge in [-0.3, -0.25) is 4.79 Å². The molecule has 1 atom stereocenters. The van der Waals surface area contributed by atoms with Crippen molar-refractivity contribution in [3.63, 3.8) is 0 Å². The molecule has 2 aliphatic heterocycles. The van der Waals surface area contributed by atoms with Gasteiger partial charge in [-0.25, -0.2) is 0 Å². The molecule has 3 nitrogen and oxygen atoms in total. The first-order valence-corrected chi connectivity index (χ1v) is 8.43. The van der Waals surface area contributed by atoms with Gasteiger partial charge in [0.05, 0.1) is 17.2 Å². The van der Waals surface area contributed by atoms with Crippen molar-refractivity contribution in [1.82, 2.24) is 10.2 Å². The molecule has 6 heteroatoms. The number of carbonyl (C=O) groups excluding carboxylic acids is 1. The summed E-state index contributed by atoms with van der Waals surface area (Å²) < 4.78 is 40.9. The highest BCUT2D eigenvalue weighted by Crippen LogP contribution is 2.44. The van der Waals surface area contributed by atoms with Crippen LogP contribution in [0.1, 0.15) is 58.8 Å². The molecule has 2 heterocycles. The molecule has 1 aromatic carbocycles. The lowest BCUT2D eigenvalue weighted by atomic mass is 9.88. The number of benzene rings is 1. The molecule has 1 fully saturated rings. The molecule has 0 radical (unpaired) electrons. The number of nitrogens with one attached hydrogen (secondary N) is 1. The van der Waals surface area contributed by atoms with Crippen molar-refractivity contribution >= 4 is 11.5 Å². The van der Waals surface area contributed by atoms with Crippen LogP contribution in [-0.2, 0) is 6.18 Å². The Morgan fingerprint density at radius 2 is 2.04 bits per heavy atom. The van der Waals surface area contributed by atoms with E-state index < -0.39 is 17.6 Å². The molecule has 1 aromatic rings. The van der Waals surface area contributed by atoms with Crippen LogP contribution in [0.2, 0.25) is 0 Å². The summed E-state index contributed by atoms with van der Waals surface area (Å²) in [6, 6.07) is 2.71. The summed E-state index contributed by atoms with van der Waals surface area (Å²) in [5.74, 6) is -0.479. The summed E-state index contributed by atoms with van der Waals surface area (Å²) in [5.41, 5.74) is 1.21. The van der Waals surface area contributed by atoms with Crippen molar-refractivity contribution in [2.24, 2.45) is 0 Å². The van der Waals surface area contributed by atoms with Crippen LogP contribution in [0.5, 0.6) is 0 Å². The average Bonchev–Trinajstić information content (AvgIpc) is 2.87. The molecule has 3 aliphatic rings. The fourth-order valence-electron chi connectivity index (χ4n) is 4.04. The first-order valence-electron chi connectivity index (χ1n) is 8.43. The van der Waals surface area contributed by atoms with E-state index in [1.54, 1.807) is 4.90 Å². The topological polar surface area (TPSA) is 32.3 Å². The van der Waals surface area contributed by atoms with Crippen molar-refractivity contribution in [3.05, 3.63) is 40.5 Å². The molecule has 24 heavy (non-hydrogen) atoms. The van der Waals surface area contributed by atoms with Crippen molar-refractivity contribution in [1.29, 1.82) is 0 Å². The number of piperazine rings is 1. The number of carbonyl (C=O) groups is 1. The minimum Gasteiger partial charge on any atom is -0.329 e. The van der Waals surface area contributed by atoms with Gasteiger partial charge in [0.2, 0.25) is 0 Å². The number of hydrogen-bond acceptors (Lipinski definition) is 2. The van der Waals surface area contributed by atoms with Crippen LogP contribution < -0.4 is 5.32 Å². The van der Waals surface area contributed by atoms with E-state index >= 15 is 0 Å². The number of halogens is 3. The molecule has 1 saturated heterocycles. The Hall–Kier alpha value is -1.82. The largest absolute Gasteiger partial charge is 0.417 e. The zero-order valence-corrected chi connectivity index (χ0v) is 13.2. The van der Waals surface area contributed by atoms with Crippen molar-refractivity contribution < 1.29 is 18.0 Å². The minimum absolute atomic E-state index is 0.142. The Morgan fingerprint density at radius 1 is 1.21 bits per heavy atom. The third-order valence-corrected chi connectivity index (χ3v) is 5.21. The normalized spacial score (nSPS) is 23.8. The SMILES string of the molecule is O=C1c2c(cc(C3=CCCCC3)cc2C(F)(F)F)C2CNCCN12. The molecular weight excluding hydrogens is 317 g/mol. The summed E-state index contributed by atoms with van der Waals surface area (Å²) in [4.78, 5) is 14.1. The molecule has 0 saturated carbocycles. The van der Waals surface area contributed by atoms with E-state index in [4.69, 9.17) is 0 Å². The van der Waals surface area contributed by atoms with Gasteiger partial charge in [0.1, 0.15) is 0 Å². The van der Waals surface area contributed by atoms with E-state index in [2.05, 4.69) is 5.32 Å². The van der Waals surface area contributed by atoms with Gasteiger partial charge in [0, 0.05) is 19.6 Å². The lowest BCUT2D eigenvalue weighted by Crippen LogP contribution is -2.44. The van der Waals surface area contributed by atoms with Crippen LogP contribution in [0, 0.1) is 0 Å². The molecule has 1 aliphatic carbocycles. The molecule has 4 rings (SSSR count). The molecule has 1 unspecified atom stereocenters. The zero-order valence-electron chi connectivity index (χ0n) is 13.2. The standard InChI is InChI=1S/C18H19F3N2O/c19-18(20,21)14-9-12(11-4-2-1-3-5-11)8-13-15-10-22-6-7-23(15)17(24)16(13)14/h4,8-9,15,22H,1-3,5-7,10H2. The van der Waals surface area contributed by atoms with E-state index in [0.717, 1.165) is 31.3 Å². The van der Waals surface area contributed by atoms with Crippen LogP contribution in [0.15, 0.2) is 18.2 Å². The highest BCUT2D eigenvalue weighted by Gasteiger charge is 2.45. The van der Waals surface area contributed by atoms with Crippen LogP contribution in [0.25, 0.3) is 5.57 Å². The quantitative estimate of drug-likeness (QED) is 0.847. The van der Waals surface area contributed by atoms with Crippen LogP contribution in [0.4, 0.5) is 13.2 Å². The van der Waals surface area contributed by atoms with Gasteiger partial charge in [-0.2, -0.15) is 13.2 Å². The van der Waals surface area contributed by atoms with Gasteiger partial charge in [0.25, 0.3) is 5.91 Å². The Kier molecular flexibility index (Phi) is 3.67. The Morgan fingerprint density at radius 3 is 2.75 bits per heavy atom. The maximum absolute atomic E-state index is 13.6. The van der Waals surface area contributed by atoms with Gasteiger partial charge < -0.3 is 10.2 Å². The second-order valence-corrected chi connectivity index (χ2v) is 6.68. The number of nitrogens with zero attached hydrogens (tertiary/aromatic N) is 1. The summed E-state index contributed by atoms with van der Waals surface area (Å²) in [5, 5.41) is 3.19. The fourth-order valence-corrected chi connectivity index (χ4v) is 4.04. The summed E-state index contributed by atoms with van der Waals surface area (Å²) in [7, 11) is 0. The van der Waals surface area contributed by atoms with Gasteiger partial charge in [-0.1, -0.05) is 6.08 Å². The first kappa shape index (κ1) is 15.7. The molecule has 0 spiro atoms. The summed E-state index contributed by atoms with van der Waals surface area (Å²) in [6.45, 7) is 1.58. The third kappa shape index (κ3) is 2.44. The smallest absolute Gasteiger partial charge is 0.329 e. The number of rotatable bonds is 1. The molecule has 0 bridgehead atoms. The Bertz CT molecular complexity index is 724. The predicted octanol–water partition coefficient (Wildman–Crippen LogP) is 3.76. The zero-order chi connectivity index (χ0) is 16.9. The predicted molar refractivity (Wildman–Crippen MR) is 84.5 cm³/mol. The number of hydrogen-bond donors (Lipinski definition) is 1. The summed E-state index contributed by atoms with van der Waals surface area (Å²) in [6.07, 6.45) is 1.31. The number of amides is 1. The van der Waals surface area contributed by atoms with Crippen LogP contribution in [0.3, 0.4) is 0 Å². The van der Waals surface area contributed by atoms with E-state index in [1.807, 2.05) is 12.1 Å². The monoisotopic (exact) mass is 336 g/mol. The van der Waals surface area contributed by atoms with Crippen LogP contribution >= 0.6 is 0 Å². The van der Waals surface area contributed by atoms with E-state index in [0.29, 0.717) is 30.8 Å². The Labute approximate surface area is 138 Å². The molecular formula is C18H19F3N2O. The van der Waals surface area contributed by atoms with Crippen molar-refractivity contribution in [2.45, 2.75) is 37.9 Å². The lowest BCUT2D eigenvalue weighted by molar-refractivity contribution is -0.138. The van der Waals surface area contributed by atoms with Crippen molar-refractivity contribution in [2.75, 3.05) is 19.6 Å². The second-order valence-electron chi connectivity index (χ2n) is 6.68. The van der Waals surface area contributed by atoms with E-state index in [9.17, 15) is 18.0 Å². The van der Waals surface area contributed by atoms with E-state index in [-0.39, 0.29) is 11.6 Å². The highest BCUT2D eigenvalue weighted by molar-refractivity contribution is 6.01. The van der Waals surface area contributed by atoms with E-state index in [1.165, 1.54) is 6.07 Å². The van der Waals surface area contributed by atoms with Gasteiger partial charge in [-0.15, -0.1) is 0 Å². The summed E-state index contributed by atoms with van der Waals surface area (Å²) >= 11 is 0. The molecule has 1 amide bonds. The minimum atomic E-state index is -4.52. The van der Waals surface area contributed by atoms with Gasteiger partial charge in [0.15, 0.2) is 0 Å². The third-order valence-electron chi connectivity index (χ3n) is 5.21. The highest BCUT2D eigenvalue weighted by atomic mass is 19.4. The van der Waals surface area contributed by atoms with Gasteiger partial charge >= 0.3 is 6.18 Å². The number of allylic oxidation sites excluding steroid dienone is 2. The first-order chi connectivity index (χ1) is 11.5. The molecule has 128 valence electrons. The van der Waals surface area contributed by atoms with Crippen LogP contribution in [-0.4, -0.2) is 30.4 Å². The number of fused-ring (bicyclic) bond motifs is 3. The maximum Gasteiger partial charge on any atom is 0.417 e. The van der Waals surface area contributed by atoms with Gasteiger partial charge in [-0.05, 0) is 54.5 Å². The fraction of sp³-hybridized carbons (Fsp3) is 0.500. The Balaban J connectivity index is 1.89. The lowest BCUT2D eigenvalue weighted by Gasteiger charge is -2.30. The molecule has 1 N–H and O–H groups in total. The average molecular weight is 336 g/mol. The second kappa shape index (κ2) is 5.62. The number of alkyl halides is 3. The maximum atomic E-state index is 13.6.